The molecule has 2 nitrogen and oxygen atoms in total. The lowest BCUT2D eigenvalue weighted by atomic mass is 9.81. The first-order valence-electron chi connectivity index (χ1n) is 5.43. The second kappa shape index (κ2) is 4.17. The zero-order chi connectivity index (χ0) is 13.4. The van der Waals surface area contributed by atoms with Gasteiger partial charge in [-0.15, -0.1) is 0 Å². The van der Waals surface area contributed by atoms with Crippen molar-refractivity contribution >= 4 is 0 Å². The van der Waals surface area contributed by atoms with Crippen molar-refractivity contribution < 1.29 is 13.2 Å². The van der Waals surface area contributed by atoms with Gasteiger partial charge in [0.1, 0.15) is 0 Å². The molecule has 18 heavy (non-hydrogen) atoms. The zero-order valence-electron chi connectivity index (χ0n) is 9.54. The number of allylic oxidation sites excluding steroid dienone is 1. The Kier molecular flexibility index (Phi) is 2.94. The zero-order valence-corrected chi connectivity index (χ0v) is 9.54. The summed E-state index contributed by atoms with van der Waals surface area (Å²) in [6, 6.07) is 5.35. The van der Waals surface area contributed by atoms with Crippen molar-refractivity contribution in [1.29, 1.82) is 0 Å². The molecule has 0 aliphatic heterocycles. The number of halogens is 3. The van der Waals surface area contributed by atoms with Gasteiger partial charge in [-0.1, -0.05) is 30.4 Å². The molecule has 2 rings (SSSR count). The minimum absolute atomic E-state index is 0.0671. The van der Waals surface area contributed by atoms with Crippen molar-refractivity contribution in [3.05, 3.63) is 59.3 Å². The molecule has 4 N–H and O–H groups in total. The van der Waals surface area contributed by atoms with Crippen LogP contribution < -0.4 is 11.5 Å². The van der Waals surface area contributed by atoms with Crippen molar-refractivity contribution in [2.24, 2.45) is 11.5 Å². The Balaban J connectivity index is 2.50. The van der Waals surface area contributed by atoms with E-state index in [2.05, 4.69) is 0 Å². The van der Waals surface area contributed by atoms with Crippen LogP contribution in [0.25, 0.3) is 0 Å². The predicted octanol–water partition coefficient (Wildman–Crippen LogP) is 2.66. The first-order valence-corrected chi connectivity index (χ1v) is 5.43. The van der Waals surface area contributed by atoms with E-state index in [9.17, 15) is 13.2 Å². The average molecular weight is 254 g/mol. The van der Waals surface area contributed by atoms with E-state index in [1.54, 1.807) is 12.1 Å². The number of benzene rings is 1. The van der Waals surface area contributed by atoms with Gasteiger partial charge in [-0.3, -0.25) is 0 Å². The van der Waals surface area contributed by atoms with Gasteiger partial charge in [0.05, 0.1) is 11.1 Å². The lowest BCUT2D eigenvalue weighted by Crippen LogP contribution is -2.37. The van der Waals surface area contributed by atoms with Crippen LogP contribution in [0.2, 0.25) is 0 Å². The van der Waals surface area contributed by atoms with Gasteiger partial charge in [-0.05, 0) is 24.1 Å². The van der Waals surface area contributed by atoms with Crippen LogP contribution in [-0.2, 0) is 11.7 Å². The van der Waals surface area contributed by atoms with Crippen LogP contribution in [0.5, 0.6) is 0 Å². The monoisotopic (exact) mass is 254 g/mol. The quantitative estimate of drug-likeness (QED) is 0.809. The maximum absolute atomic E-state index is 12.9. The van der Waals surface area contributed by atoms with Crippen LogP contribution >= 0.6 is 0 Å². The van der Waals surface area contributed by atoms with Crippen LogP contribution in [-0.4, -0.2) is 0 Å². The molecule has 1 aromatic rings. The summed E-state index contributed by atoms with van der Waals surface area (Å²) in [6.07, 6.45) is 0.530. The van der Waals surface area contributed by atoms with Gasteiger partial charge >= 0.3 is 6.18 Å². The maximum atomic E-state index is 12.9. The Labute approximate surface area is 103 Å². The van der Waals surface area contributed by atoms with Crippen LogP contribution in [0.4, 0.5) is 13.2 Å². The fourth-order valence-electron chi connectivity index (χ4n) is 2.00. The lowest BCUT2D eigenvalue weighted by molar-refractivity contribution is -0.138. The molecule has 0 radical (unpaired) electrons. The summed E-state index contributed by atoms with van der Waals surface area (Å²) in [4.78, 5) is 0. The fourth-order valence-corrected chi connectivity index (χ4v) is 2.00. The third kappa shape index (κ3) is 2.26. The van der Waals surface area contributed by atoms with Gasteiger partial charge in [-0.25, -0.2) is 0 Å². The summed E-state index contributed by atoms with van der Waals surface area (Å²) in [6.45, 7) is 0. The van der Waals surface area contributed by atoms with Crippen molar-refractivity contribution in [3.63, 3.8) is 0 Å². The Morgan fingerprint density at radius 2 is 1.83 bits per heavy atom. The molecule has 0 heterocycles. The Morgan fingerprint density at radius 3 is 2.39 bits per heavy atom. The second-order valence-corrected chi connectivity index (χ2v) is 4.33. The summed E-state index contributed by atoms with van der Waals surface area (Å²) in [5, 5.41) is 0. The van der Waals surface area contributed by atoms with Crippen LogP contribution in [0.3, 0.4) is 0 Å². The van der Waals surface area contributed by atoms with E-state index < -0.39 is 17.3 Å². The number of hydrogen-bond acceptors (Lipinski definition) is 2. The van der Waals surface area contributed by atoms with E-state index in [0.29, 0.717) is 5.70 Å². The third-order valence-corrected chi connectivity index (χ3v) is 2.98. The highest BCUT2D eigenvalue weighted by molar-refractivity contribution is 5.42. The molecule has 5 heteroatoms. The Hall–Kier alpha value is -1.75. The van der Waals surface area contributed by atoms with E-state index in [4.69, 9.17) is 11.5 Å². The first-order chi connectivity index (χ1) is 8.33. The normalized spacial score (nSPS) is 23.9. The Bertz CT molecular complexity index is 517. The molecule has 1 atom stereocenters. The highest BCUT2D eigenvalue weighted by Crippen LogP contribution is 2.38. The third-order valence-electron chi connectivity index (χ3n) is 2.98. The Morgan fingerprint density at radius 1 is 1.17 bits per heavy atom. The molecule has 0 saturated carbocycles. The molecule has 1 aromatic carbocycles. The highest BCUT2D eigenvalue weighted by atomic mass is 19.4. The van der Waals surface area contributed by atoms with Crippen LogP contribution in [0, 0.1) is 0 Å². The molecule has 0 aromatic heterocycles. The number of nitrogens with two attached hydrogens (primary N) is 2. The van der Waals surface area contributed by atoms with Crippen LogP contribution in [0.1, 0.15) is 17.5 Å². The molecule has 96 valence electrons. The van der Waals surface area contributed by atoms with E-state index in [-0.39, 0.29) is 12.0 Å². The van der Waals surface area contributed by atoms with Gasteiger partial charge in [0.15, 0.2) is 0 Å². The maximum Gasteiger partial charge on any atom is 0.416 e. The summed E-state index contributed by atoms with van der Waals surface area (Å²) in [5.41, 5.74) is 10.3. The predicted molar refractivity (Wildman–Crippen MR) is 63.3 cm³/mol. The van der Waals surface area contributed by atoms with Gasteiger partial charge in [0.2, 0.25) is 0 Å². The van der Waals surface area contributed by atoms with Crippen LogP contribution in [0.15, 0.2) is 48.2 Å². The molecule has 1 aliphatic rings. The molecule has 0 amide bonds. The molecule has 1 aliphatic carbocycles. The molecule has 0 bridgehead atoms. The van der Waals surface area contributed by atoms with Gasteiger partial charge in [0.25, 0.3) is 0 Å². The van der Waals surface area contributed by atoms with Crippen molar-refractivity contribution in [3.8, 4) is 0 Å². The topological polar surface area (TPSA) is 52.0 Å². The van der Waals surface area contributed by atoms with Crippen molar-refractivity contribution in [1.82, 2.24) is 0 Å². The average Bonchev–Trinajstić information content (AvgIpc) is 2.32. The smallest absolute Gasteiger partial charge is 0.399 e. The summed E-state index contributed by atoms with van der Waals surface area (Å²) < 4.78 is 38.8. The molecule has 0 spiro atoms. The van der Waals surface area contributed by atoms with Crippen molar-refractivity contribution in [2.45, 2.75) is 18.1 Å². The highest BCUT2D eigenvalue weighted by Gasteiger charge is 2.38. The minimum Gasteiger partial charge on any atom is -0.399 e. The lowest BCUT2D eigenvalue weighted by Gasteiger charge is -2.30. The van der Waals surface area contributed by atoms with Gasteiger partial charge < -0.3 is 11.5 Å². The SMILES string of the molecule is NC1=CCC(N)(c2ccccc2C(F)(F)F)C=C1. The molecular weight excluding hydrogens is 241 g/mol. The van der Waals surface area contributed by atoms with E-state index in [1.165, 1.54) is 24.3 Å². The van der Waals surface area contributed by atoms with E-state index in [1.807, 2.05) is 0 Å². The number of alkyl halides is 3. The number of rotatable bonds is 1. The minimum atomic E-state index is -4.41. The van der Waals surface area contributed by atoms with Gasteiger partial charge in [-0.2, -0.15) is 13.2 Å². The largest absolute Gasteiger partial charge is 0.416 e. The molecular formula is C13H13F3N2. The molecule has 1 unspecified atom stereocenters. The fraction of sp³-hybridized carbons (Fsp3) is 0.231. The standard InChI is InChI=1S/C13H13F3N2/c14-13(15,16)11-4-2-1-3-10(11)12(18)7-5-9(17)6-8-12/h1-7H,8,17-18H2. The summed E-state index contributed by atoms with van der Waals surface area (Å²) in [7, 11) is 0. The first kappa shape index (κ1) is 12.7. The number of hydrogen-bond donors (Lipinski definition) is 2. The van der Waals surface area contributed by atoms with Crippen molar-refractivity contribution in [2.75, 3.05) is 0 Å². The van der Waals surface area contributed by atoms with E-state index >= 15 is 0 Å². The summed E-state index contributed by atoms with van der Waals surface area (Å²) >= 11 is 0. The molecule has 0 saturated heterocycles. The van der Waals surface area contributed by atoms with Gasteiger partial charge in [0, 0.05) is 5.70 Å². The second-order valence-electron chi connectivity index (χ2n) is 4.33. The van der Waals surface area contributed by atoms with E-state index in [0.717, 1.165) is 6.07 Å². The molecule has 0 fully saturated rings. The summed E-state index contributed by atoms with van der Waals surface area (Å²) in [5.74, 6) is 0.